The average molecular weight is 278 g/mol. The predicted octanol–water partition coefficient (Wildman–Crippen LogP) is 0.667. The average Bonchev–Trinajstić information content (AvgIpc) is 2.85. The molecule has 0 unspecified atom stereocenters. The fraction of sp³-hybridized carbons (Fsp3) is 0.533. The number of hydrogen-bond donors (Lipinski definition) is 2. The number of esters is 1. The van der Waals surface area contributed by atoms with Gasteiger partial charge in [-0.15, -0.1) is 0 Å². The fourth-order valence-electron chi connectivity index (χ4n) is 3.39. The number of methoxy groups -OCH3 is 1. The van der Waals surface area contributed by atoms with E-state index in [0.717, 1.165) is 11.3 Å². The lowest BCUT2D eigenvalue weighted by Crippen LogP contribution is -2.52. The summed E-state index contributed by atoms with van der Waals surface area (Å²) < 4.78 is 10.1. The van der Waals surface area contributed by atoms with Gasteiger partial charge in [-0.3, -0.25) is 4.79 Å². The van der Waals surface area contributed by atoms with Crippen LogP contribution in [0.3, 0.4) is 0 Å². The van der Waals surface area contributed by atoms with Gasteiger partial charge < -0.3 is 19.7 Å². The molecule has 1 saturated heterocycles. The van der Waals surface area contributed by atoms with Gasteiger partial charge in [0, 0.05) is 0 Å². The van der Waals surface area contributed by atoms with E-state index < -0.39 is 23.1 Å². The van der Waals surface area contributed by atoms with Crippen LogP contribution in [-0.4, -0.2) is 41.6 Å². The highest BCUT2D eigenvalue weighted by atomic mass is 16.6. The molecular formula is C15H18O5. The van der Waals surface area contributed by atoms with Crippen LogP contribution in [-0.2, 0) is 16.0 Å². The minimum absolute atomic E-state index is 0.122. The van der Waals surface area contributed by atoms with E-state index in [1.165, 1.54) is 0 Å². The number of aliphatic hydroxyl groups is 2. The molecule has 0 aromatic heterocycles. The molecule has 108 valence electrons. The Hall–Kier alpha value is -1.59. The molecule has 0 bridgehead atoms. The van der Waals surface area contributed by atoms with Crippen molar-refractivity contribution in [2.24, 2.45) is 5.41 Å². The van der Waals surface area contributed by atoms with Crippen molar-refractivity contribution in [2.75, 3.05) is 13.7 Å². The number of fused-ring (bicyclic) bond motifs is 1. The lowest BCUT2D eigenvalue weighted by atomic mass is 9.71. The molecule has 1 aliphatic heterocycles. The zero-order valence-corrected chi connectivity index (χ0v) is 11.3. The van der Waals surface area contributed by atoms with Crippen LogP contribution in [0.1, 0.15) is 18.4 Å². The normalized spacial score (nSPS) is 35.8. The van der Waals surface area contributed by atoms with Crippen LogP contribution < -0.4 is 4.74 Å². The van der Waals surface area contributed by atoms with Gasteiger partial charge in [0.1, 0.15) is 23.4 Å². The number of hydrogen-bond acceptors (Lipinski definition) is 5. The first-order chi connectivity index (χ1) is 9.52. The summed E-state index contributed by atoms with van der Waals surface area (Å²) in [7, 11) is 1.59. The van der Waals surface area contributed by atoms with Crippen molar-refractivity contribution in [3.63, 3.8) is 0 Å². The van der Waals surface area contributed by atoms with Crippen LogP contribution in [0, 0.1) is 5.41 Å². The Morgan fingerprint density at radius 3 is 2.75 bits per heavy atom. The number of ether oxygens (including phenoxy) is 2. The van der Waals surface area contributed by atoms with E-state index in [1.807, 2.05) is 24.3 Å². The van der Waals surface area contributed by atoms with E-state index in [2.05, 4.69) is 0 Å². The van der Waals surface area contributed by atoms with Gasteiger partial charge in [0.2, 0.25) is 0 Å². The number of carbonyl (C=O) groups is 1. The molecule has 0 radical (unpaired) electrons. The maximum atomic E-state index is 12.1. The SMILES string of the molecule is COc1ccc(C[C@@]23CC[C@@H](O)[C@]2(O)COC3=O)cc1. The standard InChI is InChI=1S/C15H18O5/c1-19-11-4-2-10(3-5-11)8-14-7-6-12(16)15(14,18)9-20-13(14)17/h2-5,12,16,18H,6-9H2,1H3/t12-,14-,15-/m1/s1. The Balaban J connectivity index is 1.92. The Kier molecular flexibility index (Phi) is 2.99. The van der Waals surface area contributed by atoms with E-state index in [9.17, 15) is 15.0 Å². The van der Waals surface area contributed by atoms with Crippen molar-refractivity contribution < 1.29 is 24.5 Å². The van der Waals surface area contributed by atoms with Crippen molar-refractivity contribution in [1.82, 2.24) is 0 Å². The summed E-state index contributed by atoms with van der Waals surface area (Å²) in [6, 6.07) is 7.36. The van der Waals surface area contributed by atoms with E-state index in [4.69, 9.17) is 9.47 Å². The highest BCUT2D eigenvalue weighted by molar-refractivity contribution is 5.82. The summed E-state index contributed by atoms with van der Waals surface area (Å²) in [6.45, 7) is -0.122. The molecule has 20 heavy (non-hydrogen) atoms. The first kappa shape index (κ1) is 13.4. The van der Waals surface area contributed by atoms with Crippen LogP contribution in [0.4, 0.5) is 0 Å². The van der Waals surface area contributed by atoms with Crippen LogP contribution >= 0.6 is 0 Å². The number of aliphatic hydroxyl groups excluding tert-OH is 1. The van der Waals surface area contributed by atoms with Gasteiger partial charge in [-0.1, -0.05) is 12.1 Å². The maximum absolute atomic E-state index is 12.1. The van der Waals surface area contributed by atoms with Crippen molar-refractivity contribution in [3.8, 4) is 5.75 Å². The molecular weight excluding hydrogens is 260 g/mol. The number of carbonyl (C=O) groups excluding carboxylic acids is 1. The quantitative estimate of drug-likeness (QED) is 0.795. The molecule has 3 rings (SSSR count). The van der Waals surface area contributed by atoms with Gasteiger partial charge >= 0.3 is 5.97 Å². The van der Waals surface area contributed by atoms with Crippen LogP contribution in [0.2, 0.25) is 0 Å². The maximum Gasteiger partial charge on any atom is 0.315 e. The molecule has 1 aromatic rings. The molecule has 2 aliphatic rings. The predicted molar refractivity (Wildman–Crippen MR) is 70.3 cm³/mol. The lowest BCUT2D eigenvalue weighted by molar-refractivity contribution is -0.149. The second kappa shape index (κ2) is 4.46. The van der Waals surface area contributed by atoms with Crippen molar-refractivity contribution in [2.45, 2.75) is 31.0 Å². The number of cyclic esters (lactones) is 1. The Morgan fingerprint density at radius 2 is 2.10 bits per heavy atom. The zero-order valence-electron chi connectivity index (χ0n) is 11.3. The Labute approximate surface area is 117 Å². The fourth-order valence-corrected chi connectivity index (χ4v) is 3.39. The van der Waals surface area contributed by atoms with E-state index in [0.29, 0.717) is 19.3 Å². The van der Waals surface area contributed by atoms with Gasteiger partial charge in [-0.05, 0) is 37.0 Å². The summed E-state index contributed by atoms with van der Waals surface area (Å²) in [5, 5.41) is 20.7. The highest BCUT2D eigenvalue weighted by Gasteiger charge is 2.68. The smallest absolute Gasteiger partial charge is 0.315 e. The first-order valence-corrected chi connectivity index (χ1v) is 6.72. The second-order valence-electron chi connectivity index (χ2n) is 5.66. The largest absolute Gasteiger partial charge is 0.497 e. The monoisotopic (exact) mass is 278 g/mol. The third-order valence-electron chi connectivity index (χ3n) is 4.70. The van der Waals surface area contributed by atoms with Crippen LogP contribution in [0.5, 0.6) is 5.75 Å². The Bertz CT molecular complexity index is 526. The first-order valence-electron chi connectivity index (χ1n) is 6.72. The molecule has 2 fully saturated rings. The van der Waals surface area contributed by atoms with Crippen LogP contribution in [0.15, 0.2) is 24.3 Å². The van der Waals surface area contributed by atoms with Crippen molar-refractivity contribution in [3.05, 3.63) is 29.8 Å². The molecule has 0 spiro atoms. The topological polar surface area (TPSA) is 76.0 Å². The highest BCUT2D eigenvalue weighted by Crippen LogP contribution is 2.53. The summed E-state index contributed by atoms with van der Waals surface area (Å²) in [6.07, 6.45) is 0.313. The van der Waals surface area contributed by atoms with Crippen molar-refractivity contribution in [1.29, 1.82) is 0 Å². The Morgan fingerprint density at radius 1 is 1.40 bits per heavy atom. The molecule has 5 heteroatoms. The van der Waals surface area contributed by atoms with E-state index in [-0.39, 0.29) is 6.61 Å². The molecule has 3 atom stereocenters. The number of rotatable bonds is 3. The second-order valence-corrected chi connectivity index (χ2v) is 5.66. The summed E-state index contributed by atoms with van der Waals surface area (Å²) in [4.78, 5) is 12.1. The zero-order chi connectivity index (χ0) is 14.4. The molecule has 0 amide bonds. The minimum atomic E-state index is -1.47. The molecule has 5 nitrogen and oxygen atoms in total. The third kappa shape index (κ3) is 1.66. The van der Waals surface area contributed by atoms with Gasteiger partial charge in [-0.25, -0.2) is 0 Å². The summed E-state index contributed by atoms with van der Waals surface area (Å²) in [5.74, 6) is 0.328. The lowest BCUT2D eigenvalue weighted by Gasteiger charge is -2.33. The number of benzene rings is 1. The molecule has 2 N–H and O–H groups in total. The molecule has 1 saturated carbocycles. The van der Waals surface area contributed by atoms with Gasteiger partial charge in [-0.2, -0.15) is 0 Å². The molecule has 1 aliphatic carbocycles. The third-order valence-corrected chi connectivity index (χ3v) is 4.70. The van der Waals surface area contributed by atoms with Gasteiger partial charge in [0.25, 0.3) is 0 Å². The van der Waals surface area contributed by atoms with Crippen LogP contribution in [0.25, 0.3) is 0 Å². The van der Waals surface area contributed by atoms with Gasteiger partial charge in [0.15, 0.2) is 0 Å². The summed E-state index contributed by atoms with van der Waals surface area (Å²) in [5.41, 5.74) is -1.58. The molecule has 1 heterocycles. The minimum Gasteiger partial charge on any atom is -0.497 e. The summed E-state index contributed by atoms with van der Waals surface area (Å²) >= 11 is 0. The van der Waals surface area contributed by atoms with Crippen molar-refractivity contribution >= 4 is 5.97 Å². The van der Waals surface area contributed by atoms with Gasteiger partial charge in [0.05, 0.1) is 13.2 Å². The van der Waals surface area contributed by atoms with E-state index in [1.54, 1.807) is 7.11 Å². The molecule has 1 aromatic carbocycles. The van der Waals surface area contributed by atoms with E-state index >= 15 is 0 Å².